The third-order valence-electron chi connectivity index (χ3n) is 1.05. The van der Waals surface area contributed by atoms with Crippen LogP contribution in [0.2, 0.25) is 0 Å². The molecule has 0 N–H and O–H groups in total. The average molecular weight is 204 g/mol. The van der Waals surface area contributed by atoms with E-state index in [0.717, 1.165) is 0 Å². The van der Waals surface area contributed by atoms with Gasteiger partial charge in [0, 0.05) is 10.5 Å². The summed E-state index contributed by atoms with van der Waals surface area (Å²) in [4.78, 5) is 0. The molecular formula is C7H5BrFO. The normalized spacial score (nSPS) is 9.50. The number of benzene rings is 1. The maximum atomic E-state index is 12.7. The van der Waals surface area contributed by atoms with Crippen LogP contribution in [0.15, 0.2) is 16.6 Å². The zero-order valence-corrected chi connectivity index (χ0v) is 6.90. The van der Waals surface area contributed by atoms with Crippen molar-refractivity contribution in [2.24, 2.45) is 0 Å². The lowest BCUT2D eigenvalue weighted by atomic mass is 10.3. The molecule has 0 aromatic heterocycles. The maximum Gasteiger partial charge on any atom is 0.166 e. The molecule has 1 nitrogen and oxygen atoms in total. The zero-order chi connectivity index (χ0) is 7.56. The Morgan fingerprint density at radius 2 is 2.40 bits per heavy atom. The number of ether oxygens (including phenoxy) is 1. The summed E-state index contributed by atoms with van der Waals surface area (Å²) in [6, 6.07) is 5.49. The minimum atomic E-state index is -0.381. The summed E-state index contributed by atoms with van der Waals surface area (Å²) in [5, 5.41) is 0. The SMILES string of the molecule is COc1c[c]c(Br)cc1F. The fraction of sp³-hybridized carbons (Fsp3) is 0.143. The first-order valence-electron chi connectivity index (χ1n) is 2.65. The lowest BCUT2D eigenvalue weighted by molar-refractivity contribution is 0.386. The van der Waals surface area contributed by atoms with E-state index in [-0.39, 0.29) is 11.6 Å². The van der Waals surface area contributed by atoms with Crippen LogP contribution in [-0.4, -0.2) is 7.11 Å². The van der Waals surface area contributed by atoms with Crippen LogP contribution < -0.4 is 4.74 Å². The van der Waals surface area contributed by atoms with E-state index in [2.05, 4.69) is 26.7 Å². The predicted octanol–water partition coefficient (Wildman–Crippen LogP) is 2.40. The Balaban J connectivity index is 3.07. The van der Waals surface area contributed by atoms with E-state index in [0.29, 0.717) is 4.47 Å². The van der Waals surface area contributed by atoms with Crippen molar-refractivity contribution in [2.75, 3.05) is 7.11 Å². The molecule has 10 heavy (non-hydrogen) atoms. The van der Waals surface area contributed by atoms with Gasteiger partial charge in [-0.2, -0.15) is 0 Å². The van der Waals surface area contributed by atoms with Gasteiger partial charge in [-0.05, 0) is 12.1 Å². The second-order valence-corrected chi connectivity index (χ2v) is 2.55. The van der Waals surface area contributed by atoms with Gasteiger partial charge in [0.05, 0.1) is 7.11 Å². The van der Waals surface area contributed by atoms with Crippen molar-refractivity contribution in [3.05, 3.63) is 28.5 Å². The van der Waals surface area contributed by atoms with Crippen molar-refractivity contribution < 1.29 is 9.13 Å². The summed E-state index contributed by atoms with van der Waals surface area (Å²) < 4.78 is 17.9. The van der Waals surface area contributed by atoms with Gasteiger partial charge in [0.2, 0.25) is 0 Å². The highest BCUT2D eigenvalue weighted by molar-refractivity contribution is 9.10. The molecule has 0 aliphatic carbocycles. The lowest BCUT2D eigenvalue weighted by Crippen LogP contribution is -1.86. The molecule has 0 saturated carbocycles. The van der Waals surface area contributed by atoms with Crippen LogP contribution in [0.4, 0.5) is 4.39 Å². The Morgan fingerprint density at radius 1 is 1.70 bits per heavy atom. The van der Waals surface area contributed by atoms with Crippen LogP contribution in [0.5, 0.6) is 5.75 Å². The van der Waals surface area contributed by atoms with Crippen molar-refractivity contribution in [2.45, 2.75) is 0 Å². The summed E-state index contributed by atoms with van der Waals surface area (Å²) in [6.45, 7) is 0. The van der Waals surface area contributed by atoms with Crippen LogP contribution in [0.1, 0.15) is 0 Å². The number of halogens is 2. The minimum Gasteiger partial charge on any atom is -0.494 e. The zero-order valence-electron chi connectivity index (χ0n) is 5.32. The molecule has 0 heterocycles. The summed E-state index contributed by atoms with van der Waals surface area (Å²) in [7, 11) is 1.42. The van der Waals surface area contributed by atoms with E-state index in [9.17, 15) is 4.39 Å². The third kappa shape index (κ3) is 1.48. The van der Waals surface area contributed by atoms with Gasteiger partial charge in [-0.3, -0.25) is 0 Å². The minimum absolute atomic E-state index is 0.211. The first-order chi connectivity index (χ1) is 4.74. The van der Waals surface area contributed by atoms with Crippen LogP contribution in [-0.2, 0) is 0 Å². The van der Waals surface area contributed by atoms with E-state index in [1.54, 1.807) is 0 Å². The lowest BCUT2D eigenvalue weighted by Gasteiger charge is -1.99. The molecule has 1 rings (SSSR count). The molecule has 1 radical (unpaired) electrons. The van der Waals surface area contributed by atoms with E-state index in [1.807, 2.05) is 0 Å². The predicted molar refractivity (Wildman–Crippen MR) is 39.5 cm³/mol. The van der Waals surface area contributed by atoms with E-state index in [1.165, 1.54) is 19.2 Å². The van der Waals surface area contributed by atoms with Gasteiger partial charge in [0.15, 0.2) is 11.6 Å². The maximum absolute atomic E-state index is 12.7. The second kappa shape index (κ2) is 3.01. The number of hydrogen-bond donors (Lipinski definition) is 0. The fourth-order valence-electron chi connectivity index (χ4n) is 0.584. The highest BCUT2D eigenvalue weighted by Crippen LogP contribution is 2.19. The van der Waals surface area contributed by atoms with Gasteiger partial charge in [0.1, 0.15) is 0 Å². The highest BCUT2D eigenvalue weighted by atomic mass is 79.9. The summed E-state index contributed by atoms with van der Waals surface area (Å²) >= 11 is 3.07. The van der Waals surface area contributed by atoms with Crippen LogP contribution in [0, 0.1) is 11.9 Å². The molecular weight excluding hydrogens is 199 g/mol. The second-order valence-electron chi connectivity index (χ2n) is 1.70. The molecule has 0 aliphatic heterocycles. The molecule has 53 valence electrons. The van der Waals surface area contributed by atoms with Gasteiger partial charge < -0.3 is 4.74 Å². The summed E-state index contributed by atoms with van der Waals surface area (Å²) in [5.74, 6) is -0.170. The summed E-state index contributed by atoms with van der Waals surface area (Å²) in [6.07, 6.45) is 0. The van der Waals surface area contributed by atoms with Crippen molar-refractivity contribution in [1.29, 1.82) is 0 Å². The average Bonchev–Trinajstić information content (AvgIpc) is 1.88. The molecule has 1 aromatic rings. The molecule has 0 amide bonds. The Kier molecular flexibility index (Phi) is 2.27. The molecule has 3 heteroatoms. The Bertz CT molecular complexity index is 237. The monoisotopic (exact) mass is 203 g/mol. The largest absolute Gasteiger partial charge is 0.494 e. The Morgan fingerprint density at radius 3 is 2.90 bits per heavy atom. The topological polar surface area (TPSA) is 9.23 Å². The van der Waals surface area contributed by atoms with Gasteiger partial charge in [0.25, 0.3) is 0 Å². The smallest absolute Gasteiger partial charge is 0.166 e. The van der Waals surface area contributed by atoms with Crippen molar-refractivity contribution >= 4 is 15.9 Å². The molecule has 0 aliphatic rings. The summed E-state index contributed by atoms with van der Waals surface area (Å²) in [5.41, 5.74) is 0. The highest BCUT2D eigenvalue weighted by Gasteiger charge is 2.00. The standard InChI is InChI=1S/C7H5BrFO/c1-10-7-3-2-5(8)4-6(7)9/h3-4H,1H3. The van der Waals surface area contributed by atoms with Gasteiger partial charge in [-0.15, -0.1) is 0 Å². The molecule has 1 aromatic carbocycles. The Hall–Kier alpha value is -0.570. The van der Waals surface area contributed by atoms with Crippen LogP contribution in [0.25, 0.3) is 0 Å². The van der Waals surface area contributed by atoms with E-state index in [4.69, 9.17) is 0 Å². The molecule has 0 fully saturated rings. The van der Waals surface area contributed by atoms with Gasteiger partial charge >= 0.3 is 0 Å². The van der Waals surface area contributed by atoms with E-state index >= 15 is 0 Å². The van der Waals surface area contributed by atoms with Crippen molar-refractivity contribution in [3.63, 3.8) is 0 Å². The van der Waals surface area contributed by atoms with Gasteiger partial charge in [-0.25, -0.2) is 4.39 Å². The molecule has 0 bridgehead atoms. The number of methoxy groups -OCH3 is 1. The molecule has 0 unspecified atom stereocenters. The molecule has 0 spiro atoms. The number of hydrogen-bond acceptors (Lipinski definition) is 1. The van der Waals surface area contributed by atoms with Crippen LogP contribution >= 0.6 is 15.9 Å². The fourth-order valence-corrected chi connectivity index (χ4v) is 0.899. The molecule has 0 saturated heterocycles. The first-order valence-corrected chi connectivity index (χ1v) is 3.44. The van der Waals surface area contributed by atoms with Crippen LogP contribution in [0.3, 0.4) is 0 Å². The number of rotatable bonds is 1. The van der Waals surface area contributed by atoms with E-state index < -0.39 is 0 Å². The first kappa shape index (κ1) is 7.54. The quantitative estimate of drug-likeness (QED) is 0.682. The van der Waals surface area contributed by atoms with Crippen molar-refractivity contribution in [3.8, 4) is 5.75 Å². The van der Waals surface area contributed by atoms with Gasteiger partial charge in [-0.1, -0.05) is 15.9 Å². The van der Waals surface area contributed by atoms with Crippen molar-refractivity contribution in [1.82, 2.24) is 0 Å². The Labute approximate surface area is 66.9 Å². The third-order valence-corrected chi connectivity index (χ3v) is 1.51. The molecule has 0 atom stereocenters.